The van der Waals surface area contributed by atoms with Crippen LogP contribution in [0.25, 0.3) is 0 Å². The molecule has 25 heavy (non-hydrogen) atoms. The number of carbonyl (C=O) groups excluding carboxylic acids is 2. The summed E-state index contributed by atoms with van der Waals surface area (Å²) in [4.78, 5) is 24.2. The highest BCUT2D eigenvalue weighted by atomic mass is 16.5. The molecule has 0 heterocycles. The summed E-state index contributed by atoms with van der Waals surface area (Å²) in [6.45, 7) is 6.01. The highest BCUT2D eigenvalue weighted by Gasteiger charge is 2.23. The summed E-state index contributed by atoms with van der Waals surface area (Å²) in [6, 6.07) is 14.3. The molecular weight excluding hydrogens is 318 g/mol. The molecule has 0 radical (unpaired) electrons. The average Bonchev–Trinajstić information content (AvgIpc) is 2.54. The van der Waals surface area contributed by atoms with Crippen molar-refractivity contribution in [1.82, 2.24) is 0 Å². The summed E-state index contributed by atoms with van der Waals surface area (Å²) in [5, 5.41) is 0. The molecule has 0 amide bonds. The van der Waals surface area contributed by atoms with Gasteiger partial charge >= 0.3 is 11.9 Å². The lowest BCUT2D eigenvalue weighted by molar-refractivity contribution is -0.136. The van der Waals surface area contributed by atoms with Crippen molar-refractivity contribution in [2.24, 2.45) is 11.1 Å². The van der Waals surface area contributed by atoms with Gasteiger partial charge in [-0.25, -0.2) is 9.59 Å². The molecule has 2 aromatic carbocycles. The van der Waals surface area contributed by atoms with E-state index in [1.165, 1.54) is 6.07 Å². The zero-order valence-corrected chi connectivity index (χ0v) is 14.7. The van der Waals surface area contributed by atoms with Gasteiger partial charge in [-0.05, 0) is 36.1 Å². The van der Waals surface area contributed by atoms with E-state index in [1.807, 2.05) is 26.8 Å². The van der Waals surface area contributed by atoms with Crippen molar-refractivity contribution in [2.75, 3.05) is 0 Å². The van der Waals surface area contributed by atoms with E-state index in [4.69, 9.17) is 15.2 Å². The maximum Gasteiger partial charge on any atom is 0.343 e. The quantitative estimate of drug-likeness (QED) is 0.664. The molecule has 0 bridgehead atoms. The number of carbonyl (C=O) groups is 2. The van der Waals surface area contributed by atoms with Crippen LogP contribution in [-0.2, 0) is 4.79 Å². The lowest BCUT2D eigenvalue weighted by Crippen LogP contribution is -2.37. The Hall–Kier alpha value is -2.66. The highest BCUT2D eigenvalue weighted by molar-refractivity contribution is 5.91. The van der Waals surface area contributed by atoms with Gasteiger partial charge in [0.15, 0.2) is 0 Å². The minimum atomic E-state index is -0.712. The number of ether oxygens (including phenoxy) is 2. The van der Waals surface area contributed by atoms with E-state index in [1.54, 1.807) is 42.5 Å². The smallest absolute Gasteiger partial charge is 0.343 e. The summed E-state index contributed by atoms with van der Waals surface area (Å²) >= 11 is 0. The van der Waals surface area contributed by atoms with Crippen molar-refractivity contribution >= 4 is 11.9 Å². The second-order valence-corrected chi connectivity index (χ2v) is 7.02. The Morgan fingerprint density at radius 3 is 2.16 bits per heavy atom. The predicted molar refractivity (Wildman–Crippen MR) is 95.5 cm³/mol. The molecule has 1 unspecified atom stereocenters. The third-order valence-corrected chi connectivity index (χ3v) is 3.38. The topological polar surface area (TPSA) is 78.6 Å². The Bertz CT molecular complexity index is 735. The number of nitrogens with two attached hydrogens (primary N) is 1. The molecule has 0 saturated heterocycles. The van der Waals surface area contributed by atoms with Crippen molar-refractivity contribution in [3.05, 3.63) is 60.2 Å². The van der Waals surface area contributed by atoms with Gasteiger partial charge in [0.2, 0.25) is 0 Å². The van der Waals surface area contributed by atoms with Crippen LogP contribution in [0.5, 0.6) is 11.5 Å². The fourth-order valence-electron chi connectivity index (χ4n) is 2.28. The number of hydrogen-bond donors (Lipinski definition) is 1. The van der Waals surface area contributed by atoms with Gasteiger partial charge in [-0.1, -0.05) is 45.0 Å². The molecule has 0 aliphatic carbocycles. The Morgan fingerprint density at radius 1 is 0.960 bits per heavy atom. The molecule has 0 spiro atoms. The predicted octanol–water partition coefficient (Wildman–Crippen LogP) is 3.57. The van der Waals surface area contributed by atoms with Gasteiger partial charge in [-0.15, -0.1) is 0 Å². The van der Waals surface area contributed by atoms with Gasteiger partial charge < -0.3 is 15.2 Å². The van der Waals surface area contributed by atoms with Crippen LogP contribution < -0.4 is 15.2 Å². The van der Waals surface area contributed by atoms with E-state index in [-0.39, 0.29) is 11.2 Å². The van der Waals surface area contributed by atoms with Gasteiger partial charge in [0.25, 0.3) is 0 Å². The van der Waals surface area contributed by atoms with Gasteiger partial charge in [0.1, 0.15) is 17.5 Å². The van der Waals surface area contributed by atoms with Crippen LogP contribution in [0.2, 0.25) is 0 Å². The second kappa shape index (κ2) is 7.94. The molecular formula is C20H23NO4. The highest BCUT2D eigenvalue weighted by Crippen LogP contribution is 2.23. The maximum absolute atomic E-state index is 12.1. The molecule has 2 aromatic rings. The SMILES string of the molecule is CC(C)(C)CC(N)C(=O)Oc1cccc(OC(=O)c2ccccc2)c1. The Morgan fingerprint density at radius 2 is 1.56 bits per heavy atom. The van der Waals surface area contributed by atoms with Gasteiger partial charge in [0.05, 0.1) is 5.56 Å². The fourth-order valence-corrected chi connectivity index (χ4v) is 2.28. The summed E-state index contributed by atoms with van der Waals surface area (Å²) < 4.78 is 10.6. The minimum Gasteiger partial charge on any atom is -0.425 e. The third-order valence-electron chi connectivity index (χ3n) is 3.38. The van der Waals surface area contributed by atoms with E-state index in [2.05, 4.69) is 0 Å². The van der Waals surface area contributed by atoms with Crippen molar-refractivity contribution in [1.29, 1.82) is 0 Å². The zero-order chi connectivity index (χ0) is 18.4. The molecule has 0 aromatic heterocycles. The summed E-state index contributed by atoms with van der Waals surface area (Å²) in [7, 11) is 0. The van der Waals surface area contributed by atoms with Crippen molar-refractivity contribution < 1.29 is 19.1 Å². The van der Waals surface area contributed by atoms with Crippen LogP contribution in [0.15, 0.2) is 54.6 Å². The molecule has 2 rings (SSSR count). The van der Waals surface area contributed by atoms with Crippen LogP contribution in [0.4, 0.5) is 0 Å². The zero-order valence-electron chi connectivity index (χ0n) is 14.7. The Labute approximate surface area is 147 Å². The van der Waals surface area contributed by atoms with Gasteiger partial charge in [0, 0.05) is 6.07 Å². The Balaban J connectivity index is 2.01. The molecule has 5 nitrogen and oxygen atoms in total. The molecule has 1 atom stereocenters. The van der Waals surface area contributed by atoms with E-state index in [9.17, 15) is 9.59 Å². The van der Waals surface area contributed by atoms with Crippen LogP contribution in [0.1, 0.15) is 37.6 Å². The van der Waals surface area contributed by atoms with Crippen LogP contribution in [0, 0.1) is 5.41 Å². The first-order valence-corrected chi connectivity index (χ1v) is 8.09. The number of rotatable bonds is 5. The molecule has 0 aliphatic heterocycles. The van der Waals surface area contributed by atoms with Crippen LogP contribution in [0.3, 0.4) is 0 Å². The van der Waals surface area contributed by atoms with Crippen molar-refractivity contribution in [2.45, 2.75) is 33.2 Å². The first-order chi connectivity index (χ1) is 11.7. The number of benzene rings is 2. The largest absolute Gasteiger partial charge is 0.425 e. The van der Waals surface area contributed by atoms with Crippen molar-refractivity contribution in [3.8, 4) is 11.5 Å². The molecule has 2 N–H and O–H groups in total. The number of hydrogen-bond acceptors (Lipinski definition) is 5. The summed E-state index contributed by atoms with van der Waals surface area (Å²) in [5.41, 5.74) is 6.25. The normalized spacial score (nSPS) is 12.3. The molecule has 132 valence electrons. The Kier molecular flexibility index (Phi) is 5.93. The first-order valence-electron chi connectivity index (χ1n) is 8.09. The lowest BCUT2D eigenvalue weighted by atomic mass is 9.88. The van der Waals surface area contributed by atoms with E-state index < -0.39 is 18.0 Å². The summed E-state index contributed by atoms with van der Waals surface area (Å²) in [6.07, 6.45) is 0.508. The fraction of sp³-hybridized carbons (Fsp3) is 0.300. The van der Waals surface area contributed by atoms with Crippen LogP contribution >= 0.6 is 0 Å². The van der Waals surface area contributed by atoms with Gasteiger partial charge in [-0.3, -0.25) is 0 Å². The van der Waals surface area contributed by atoms with E-state index >= 15 is 0 Å². The third kappa shape index (κ3) is 6.04. The number of esters is 2. The average molecular weight is 341 g/mol. The molecule has 5 heteroatoms. The van der Waals surface area contributed by atoms with Crippen LogP contribution in [-0.4, -0.2) is 18.0 Å². The molecule has 0 aliphatic rings. The molecule has 0 saturated carbocycles. The standard InChI is InChI=1S/C20H23NO4/c1-20(2,3)13-17(21)19(23)25-16-11-7-10-15(12-16)24-18(22)14-8-5-4-6-9-14/h4-12,17H,13,21H2,1-3H3. The van der Waals surface area contributed by atoms with E-state index in [0.29, 0.717) is 17.7 Å². The van der Waals surface area contributed by atoms with Gasteiger partial charge in [-0.2, -0.15) is 0 Å². The van der Waals surface area contributed by atoms with E-state index in [0.717, 1.165) is 0 Å². The second-order valence-electron chi connectivity index (χ2n) is 7.02. The first kappa shape index (κ1) is 18.7. The maximum atomic E-state index is 12.1. The van der Waals surface area contributed by atoms with Crippen molar-refractivity contribution in [3.63, 3.8) is 0 Å². The lowest BCUT2D eigenvalue weighted by Gasteiger charge is -2.21. The summed E-state index contributed by atoms with van der Waals surface area (Å²) in [5.74, 6) is -0.411. The monoisotopic (exact) mass is 341 g/mol. The minimum absolute atomic E-state index is 0.0779. The molecule has 0 fully saturated rings.